The molecule has 18 heavy (non-hydrogen) atoms. The molecule has 0 amide bonds. The Kier molecular flexibility index (Phi) is 4.50. The number of rotatable bonds is 4. The number of hydrogen-bond acceptors (Lipinski definition) is 3. The lowest BCUT2D eigenvalue weighted by molar-refractivity contribution is 0.0170. The van der Waals surface area contributed by atoms with E-state index in [2.05, 4.69) is 11.8 Å². The highest BCUT2D eigenvalue weighted by atomic mass is 16.5. The molecule has 1 saturated heterocycles. The third-order valence-corrected chi connectivity index (χ3v) is 3.51. The Morgan fingerprint density at radius 3 is 2.44 bits per heavy atom. The van der Waals surface area contributed by atoms with Gasteiger partial charge in [-0.2, -0.15) is 0 Å². The predicted octanol–water partition coefficient (Wildman–Crippen LogP) is 2.29. The first-order chi connectivity index (χ1) is 8.72. The van der Waals surface area contributed by atoms with E-state index in [4.69, 9.17) is 4.74 Å². The van der Waals surface area contributed by atoms with Crippen LogP contribution in [-0.4, -0.2) is 43.0 Å². The topological polar surface area (TPSA) is 29.5 Å². The molecule has 1 heterocycles. The van der Waals surface area contributed by atoms with Gasteiger partial charge in [0.05, 0.1) is 19.3 Å². The van der Waals surface area contributed by atoms with Gasteiger partial charge in [-0.25, -0.2) is 0 Å². The Labute approximate surface area is 109 Å². The molecule has 0 saturated carbocycles. The first kappa shape index (κ1) is 13.2. The molecule has 1 aliphatic heterocycles. The average Bonchev–Trinajstić information content (AvgIpc) is 2.41. The predicted molar refractivity (Wildman–Crippen MR) is 72.0 cm³/mol. The molecule has 1 fully saturated rings. The van der Waals surface area contributed by atoms with Gasteiger partial charge in [-0.15, -0.1) is 0 Å². The average molecular weight is 247 g/mol. The first-order valence-electron chi connectivity index (χ1n) is 6.65. The number of ether oxygens (including phenoxy) is 1. The van der Waals surface area contributed by atoms with Crippen molar-refractivity contribution < 1.29 is 9.53 Å². The second-order valence-corrected chi connectivity index (χ2v) is 4.80. The minimum Gasteiger partial charge on any atom is -0.379 e. The van der Waals surface area contributed by atoms with Crippen LogP contribution in [0.15, 0.2) is 24.3 Å². The van der Waals surface area contributed by atoms with E-state index in [1.54, 1.807) is 0 Å². The van der Waals surface area contributed by atoms with Crippen molar-refractivity contribution in [1.82, 2.24) is 4.90 Å². The van der Waals surface area contributed by atoms with E-state index in [-0.39, 0.29) is 11.8 Å². The summed E-state index contributed by atoms with van der Waals surface area (Å²) in [6, 6.07) is 7.86. The molecule has 0 aliphatic carbocycles. The van der Waals surface area contributed by atoms with Gasteiger partial charge in [0.25, 0.3) is 0 Å². The van der Waals surface area contributed by atoms with Gasteiger partial charge >= 0.3 is 0 Å². The molecule has 2 rings (SSSR count). The van der Waals surface area contributed by atoms with Crippen LogP contribution in [0.25, 0.3) is 0 Å². The van der Waals surface area contributed by atoms with Crippen molar-refractivity contribution in [2.45, 2.75) is 26.3 Å². The number of nitrogens with zero attached hydrogens (tertiary/aromatic N) is 1. The highest BCUT2D eigenvalue weighted by Gasteiger charge is 2.26. The van der Waals surface area contributed by atoms with E-state index in [1.165, 1.54) is 5.56 Å². The Balaban J connectivity index is 2.11. The maximum absolute atomic E-state index is 12.5. The van der Waals surface area contributed by atoms with Gasteiger partial charge in [0.1, 0.15) is 0 Å². The van der Waals surface area contributed by atoms with Crippen LogP contribution in [0.1, 0.15) is 29.3 Å². The van der Waals surface area contributed by atoms with Crippen molar-refractivity contribution in [3.05, 3.63) is 35.4 Å². The summed E-state index contributed by atoms with van der Waals surface area (Å²) in [6.45, 7) is 7.29. The fourth-order valence-corrected chi connectivity index (χ4v) is 2.41. The summed E-state index contributed by atoms with van der Waals surface area (Å²) >= 11 is 0. The van der Waals surface area contributed by atoms with Gasteiger partial charge < -0.3 is 4.74 Å². The summed E-state index contributed by atoms with van der Waals surface area (Å²) in [5.41, 5.74) is 2.00. The summed E-state index contributed by atoms with van der Waals surface area (Å²) in [4.78, 5) is 14.7. The number of hydrogen-bond donors (Lipinski definition) is 0. The molecular weight excluding hydrogens is 226 g/mol. The van der Waals surface area contributed by atoms with Crippen molar-refractivity contribution in [1.29, 1.82) is 0 Å². The summed E-state index contributed by atoms with van der Waals surface area (Å²) in [5, 5.41) is 0. The minimum atomic E-state index is -0.00314. The Morgan fingerprint density at radius 2 is 1.89 bits per heavy atom. The maximum atomic E-state index is 12.5. The van der Waals surface area contributed by atoms with Crippen molar-refractivity contribution >= 4 is 5.78 Å². The Morgan fingerprint density at radius 1 is 1.28 bits per heavy atom. The van der Waals surface area contributed by atoms with Crippen LogP contribution < -0.4 is 0 Å². The zero-order valence-corrected chi connectivity index (χ0v) is 11.2. The third-order valence-electron chi connectivity index (χ3n) is 3.51. The molecule has 3 heteroatoms. The summed E-state index contributed by atoms with van der Waals surface area (Å²) < 4.78 is 5.34. The zero-order valence-electron chi connectivity index (χ0n) is 11.2. The van der Waals surface area contributed by atoms with Crippen LogP contribution in [0.3, 0.4) is 0 Å². The lowest BCUT2D eigenvalue weighted by Gasteiger charge is -2.33. The minimum absolute atomic E-state index is 0.00314. The molecule has 1 aromatic carbocycles. The van der Waals surface area contributed by atoms with E-state index in [0.29, 0.717) is 0 Å². The molecule has 0 bridgehead atoms. The molecule has 3 nitrogen and oxygen atoms in total. The van der Waals surface area contributed by atoms with Gasteiger partial charge in [-0.05, 0) is 13.3 Å². The van der Waals surface area contributed by atoms with Crippen LogP contribution in [0, 0.1) is 6.92 Å². The molecule has 1 unspecified atom stereocenters. The SMILES string of the molecule is CCC(C(=O)c1ccc(C)cc1)N1CCOCC1. The monoisotopic (exact) mass is 247 g/mol. The molecule has 0 N–H and O–H groups in total. The molecule has 1 aliphatic rings. The van der Waals surface area contributed by atoms with Gasteiger partial charge in [-0.1, -0.05) is 36.8 Å². The van der Waals surface area contributed by atoms with Crippen molar-refractivity contribution in [3.8, 4) is 0 Å². The fourth-order valence-electron chi connectivity index (χ4n) is 2.41. The smallest absolute Gasteiger partial charge is 0.179 e. The van der Waals surface area contributed by atoms with Crippen LogP contribution in [0.4, 0.5) is 0 Å². The van der Waals surface area contributed by atoms with Crippen molar-refractivity contribution in [2.24, 2.45) is 0 Å². The standard InChI is InChI=1S/C15H21NO2/c1-3-14(16-8-10-18-11-9-16)15(17)13-6-4-12(2)5-7-13/h4-7,14H,3,8-11H2,1-2H3. The molecule has 1 aromatic rings. The molecular formula is C15H21NO2. The van der Waals surface area contributed by atoms with Crippen molar-refractivity contribution in [3.63, 3.8) is 0 Å². The normalized spacial score (nSPS) is 18.6. The number of aryl methyl sites for hydroxylation is 1. The molecule has 0 spiro atoms. The largest absolute Gasteiger partial charge is 0.379 e. The van der Waals surface area contributed by atoms with Gasteiger partial charge in [0.2, 0.25) is 0 Å². The number of carbonyl (C=O) groups excluding carboxylic acids is 1. The number of Topliss-reactive ketones (excluding diaryl/α,β-unsaturated/α-hetero) is 1. The number of ketones is 1. The maximum Gasteiger partial charge on any atom is 0.179 e. The van der Waals surface area contributed by atoms with Crippen LogP contribution in [0.5, 0.6) is 0 Å². The van der Waals surface area contributed by atoms with Gasteiger partial charge in [-0.3, -0.25) is 9.69 Å². The number of benzene rings is 1. The van der Waals surface area contributed by atoms with Crippen LogP contribution >= 0.6 is 0 Å². The third kappa shape index (κ3) is 2.98. The van der Waals surface area contributed by atoms with Crippen LogP contribution in [0.2, 0.25) is 0 Å². The second-order valence-electron chi connectivity index (χ2n) is 4.80. The molecule has 98 valence electrons. The van der Waals surface area contributed by atoms with Gasteiger partial charge in [0, 0.05) is 18.7 Å². The summed E-state index contributed by atoms with van der Waals surface area (Å²) in [7, 11) is 0. The van der Waals surface area contributed by atoms with E-state index >= 15 is 0 Å². The number of morpholine rings is 1. The quantitative estimate of drug-likeness (QED) is 0.765. The van der Waals surface area contributed by atoms with E-state index in [1.807, 2.05) is 31.2 Å². The highest BCUT2D eigenvalue weighted by molar-refractivity contribution is 6.00. The fraction of sp³-hybridized carbons (Fsp3) is 0.533. The zero-order chi connectivity index (χ0) is 13.0. The molecule has 0 radical (unpaired) electrons. The lowest BCUT2D eigenvalue weighted by atomic mass is 9.99. The Bertz CT molecular complexity index is 393. The summed E-state index contributed by atoms with van der Waals surface area (Å²) in [6.07, 6.45) is 0.854. The Hall–Kier alpha value is -1.19. The first-order valence-corrected chi connectivity index (χ1v) is 6.65. The molecule has 1 atom stereocenters. The van der Waals surface area contributed by atoms with E-state index in [9.17, 15) is 4.79 Å². The van der Waals surface area contributed by atoms with E-state index < -0.39 is 0 Å². The van der Waals surface area contributed by atoms with Crippen molar-refractivity contribution in [2.75, 3.05) is 26.3 Å². The second kappa shape index (κ2) is 6.12. The van der Waals surface area contributed by atoms with E-state index in [0.717, 1.165) is 38.3 Å². The number of carbonyl (C=O) groups is 1. The van der Waals surface area contributed by atoms with Crippen LogP contribution in [-0.2, 0) is 4.74 Å². The lowest BCUT2D eigenvalue weighted by Crippen LogP contribution is -2.47. The summed E-state index contributed by atoms with van der Waals surface area (Å²) in [5.74, 6) is 0.236. The molecule has 0 aromatic heterocycles. The highest BCUT2D eigenvalue weighted by Crippen LogP contribution is 2.14. The van der Waals surface area contributed by atoms with Gasteiger partial charge in [0.15, 0.2) is 5.78 Å².